The third kappa shape index (κ3) is 2.79. The highest BCUT2D eigenvalue weighted by Gasteiger charge is 2.22. The minimum Gasteiger partial charge on any atom is -0.480 e. The normalized spacial score (nSPS) is 16.8. The van der Waals surface area contributed by atoms with Crippen LogP contribution in [0.3, 0.4) is 0 Å². The van der Waals surface area contributed by atoms with Gasteiger partial charge in [0.1, 0.15) is 11.0 Å². The van der Waals surface area contributed by atoms with Crippen LogP contribution in [0.5, 0.6) is 0 Å². The predicted octanol–water partition coefficient (Wildman–Crippen LogP) is 1.58. The van der Waals surface area contributed by atoms with Gasteiger partial charge in [-0.25, -0.2) is 4.39 Å². The maximum absolute atomic E-state index is 12.3. The van der Waals surface area contributed by atoms with Crippen molar-refractivity contribution in [3.05, 3.63) is 0 Å². The van der Waals surface area contributed by atoms with Gasteiger partial charge < -0.3 is 5.11 Å². The van der Waals surface area contributed by atoms with E-state index in [9.17, 15) is 9.18 Å². The smallest absolute Gasteiger partial charge is 0.320 e. The number of aliphatic carboxylic acids is 1. The first-order valence-corrected chi connectivity index (χ1v) is 3.52. The second-order valence-corrected chi connectivity index (χ2v) is 2.65. The van der Waals surface area contributed by atoms with Gasteiger partial charge in [0.05, 0.1) is 0 Å². The molecule has 0 aromatic rings. The van der Waals surface area contributed by atoms with Crippen LogP contribution in [0.25, 0.3) is 0 Å². The Bertz CT molecular complexity index is 107. The summed E-state index contributed by atoms with van der Waals surface area (Å²) in [5.41, 5.74) is 0. The zero-order chi connectivity index (χ0) is 7.44. The van der Waals surface area contributed by atoms with Gasteiger partial charge in [0.15, 0.2) is 0 Å². The van der Waals surface area contributed by atoms with E-state index in [-0.39, 0.29) is 6.42 Å². The summed E-state index contributed by atoms with van der Waals surface area (Å²) >= 11 is 2.69. The van der Waals surface area contributed by atoms with Gasteiger partial charge in [0, 0.05) is 0 Å². The Morgan fingerprint density at radius 1 is 1.89 bits per heavy atom. The number of rotatable bonds is 3. The van der Waals surface area contributed by atoms with Crippen LogP contribution in [0, 0.1) is 0 Å². The molecular weight excluding hydrogens is 191 g/mol. The topological polar surface area (TPSA) is 37.3 Å². The van der Waals surface area contributed by atoms with Gasteiger partial charge >= 0.3 is 5.97 Å². The van der Waals surface area contributed by atoms with E-state index in [1.165, 1.54) is 0 Å². The molecule has 0 rings (SSSR count). The summed E-state index contributed by atoms with van der Waals surface area (Å²) < 4.78 is 12.3. The number of alkyl halides is 2. The molecule has 0 bridgehead atoms. The molecule has 0 aromatic heterocycles. The Hall–Kier alpha value is -0.120. The fourth-order valence-corrected chi connectivity index (χ4v) is 0.735. The lowest BCUT2D eigenvalue weighted by Crippen LogP contribution is -2.23. The minimum absolute atomic E-state index is 0.224. The molecule has 0 saturated carbocycles. The average molecular weight is 199 g/mol. The monoisotopic (exact) mass is 198 g/mol. The van der Waals surface area contributed by atoms with Gasteiger partial charge in [-0.3, -0.25) is 4.79 Å². The van der Waals surface area contributed by atoms with Crippen LogP contribution in [0.1, 0.15) is 13.3 Å². The van der Waals surface area contributed by atoms with E-state index in [0.29, 0.717) is 0 Å². The van der Waals surface area contributed by atoms with Gasteiger partial charge in [-0.05, 0) is 6.42 Å². The van der Waals surface area contributed by atoms with E-state index in [2.05, 4.69) is 15.9 Å². The molecule has 0 aliphatic heterocycles. The first-order valence-electron chi connectivity index (χ1n) is 2.60. The van der Waals surface area contributed by atoms with E-state index in [1.807, 2.05) is 0 Å². The van der Waals surface area contributed by atoms with E-state index in [1.54, 1.807) is 6.92 Å². The second-order valence-electron chi connectivity index (χ2n) is 1.66. The van der Waals surface area contributed by atoms with Crippen LogP contribution in [-0.4, -0.2) is 22.1 Å². The van der Waals surface area contributed by atoms with Gasteiger partial charge in [0.2, 0.25) is 0 Å². The van der Waals surface area contributed by atoms with Crippen molar-refractivity contribution in [3.8, 4) is 0 Å². The average Bonchev–Trinajstić information content (AvgIpc) is 1.84. The van der Waals surface area contributed by atoms with Crippen molar-refractivity contribution in [1.29, 1.82) is 0 Å². The highest BCUT2D eigenvalue weighted by Crippen LogP contribution is 2.12. The molecule has 0 heterocycles. The van der Waals surface area contributed by atoms with Crippen molar-refractivity contribution in [1.82, 2.24) is 0 Å². The van der Waals surface area contributed by atoms with Crippen molar-refractivity contribution in [2.75, 3.05) is 0 Å². The van der Waals surface area contributed by atoms with Crippen molar-refractivity contribution < 1.29 is 14.3 Å². The van der Waals surface area contributed by atoms with Crippen LogP contribution < -0.4 is 0 Å². The summed E-state index contributed by atoms with van der Waals surface area (Å²) in [5.74, 6) is -1.15. The van der Waals surface area contributed by atoms with E-state index >= 15 is 0 Å². The number of carboxylic acids is 1. The summed E-state index contributed by atoms with van der Waals surface area (Å²) in [4.78, 5) is 8.96. The van der Waals surface area contributed by atoms with Crippen LogP contribution >= 0.6 is 15.9 Å². The lowest BCUT2D eigenvalue weighted by atomic mass is 10.2. The summed E-state index contributed by atoms with van der Waals surface area (Å²) in [5, 5.41) is 8.20. The lowest BCUT2D eigenvalue weighted by Gasteiger charge is -2.06. The quantitative estimate of drug-likeness (QED) is 0.700. The maximum atomic E-state index is 12.3. The highest BCUT2D eigenvalue weighted by molar-refractivity contribution is 9.10. The Balaban J connectivity index is 3.72. The fourth-order valence-electron chi connectivity index (χ4n) is 0.362. The summed E-state index contributed by atoms with van der Waals surface area (Å²) in [6.07, 6.45) is -1.06. The zero-order valence-electron chi connectivity index (χ0n) is 4.97. The standard InChI is InChI=1S/C5H8BrFO2/c1-2-3(7)4(6)5(8)9/h3-4H,2H2,1H3,(H,8,9). The zero-order valence-corrected chi connectivity index (χ0v) is 6.56. The second kappa shape index (κ2) is 3.82. The van der Waals surface area contributed by atoms with Gasteiger partial charge in [-0.1, -0.05) is 22.9 Å². The molecule has 1 N–H and O–H groups in total. The fraction of sp³-hybridized carbons (Fsp3) is 0.800. The van der Waals surface area contributed by atoms with E-state index in [0.717, 1.165) is 0 Å². The van der Waals surface area contributed by atoms with Crippen molar-refractivity contribution in [2.45, 2.75) is 24.3 Å². The van der Waals surface area contributed by atoms with E-state index < -0.39 is 17.0 Å². The first kappa shape index (κ1) is 8.88. The maximum Gasteiger partial charge on any atom is 0.320 e. The predicted molar refractivity (Wildman–Crippen MR) is 35.5 cm³/mol. The molecule has 0 aliphatic carbocycles. The minimum atomic E-state index is -1.29. The number of hydrogen-bond acceptors (Lipinski definition) is 1. The van der Waals surface area contributed by atoms with Crippen LogP contribution in [0.15, 0.2) is 0 Å². The van der Waals surface area contributed by atoms with Crippen molar-refractivity contribution in [3.63, 3.8) is 0 Å². The SMILES string of the molecule is CCC(F)C(Br)C(=O)O. The molecule has 0 radical (unpaired) electrons. The number of carbonyl (C=O) groups is 1. The van der Waals surface area contributed by atoms with Crippen molar-refractivity contribution in [2.24, 2.45) is 0 Å². The van der Waals surface area contributed by atoms with Gasteiger partial charge in [0.25, 0.3) is 0 Å². The largest absolute Gasteiger partial charge is 0.480 e. The molecule has 2 unspecified atom stereocenters. The molecule has 0 saturated heterocycles. The summed E-state index contributed by atoms with van der Waals surface area (Å²) in [7, 11) is 0. The van der Waals surface area contributed by atoms with Gasteiger partial charge in [-0.15, -0.1) is 0 Å². The molecule has 0 aliphatic rings. The number of hydrogen-bond donors (Lipinski definition) is 1. The van der Waals surface area contributed by atoms with Crippen molar-refractivity contribution >= 4 is 21.9 Å². The first-order chi connectivity index (χ1) is 4.09. The van der Waals surface area contributed by atoms with Crippen LogP contribution in [-0.2, 0) is 4.79 Å². The highest BCUT2D eigenvalue weighted by atomic mass is 79.9. The summed E-state index contributed by atoms with van der Waals surface area (Å²) in [6.45, 7) is 1.60. The molecule has 9 heavy (non-hydrogen) atoms. The molecule has 54 valence electrons. The molecule has 2 nitrogen and oxygen atoms in total. The molecule has 4 heteroatoms. The molecule has 0 spiro atoms. The molecule has 2 atom stereocenters. The number of halogens is 2. The van der Waals surface area contributed by atoms with Crippen LogP contribution in [0.2, 0.25) is 0 Å². The molecule has 0 fully saturated rings. The number of carboxylic acid groups (broad SMARTS) is 1. The Morgan fingerprint density at radius 3 is 2.44 bits per heavy atom. The molecular formula is C5H8BrFO2. The Morgan fingerprint density at radius 2 is 2.33 bits per heavy atom. The summed E-state index contributed by atoms with van der Waals surface area (Å²) in [6, 6.07) is 0. The Labute approximate surface area is 61.2 Å². The van der Waals surface area contributed by atoms with E-state index in [4.69, 9.17) is 5.11 Å². The third-order valence-corrected chi connectivity index (χ3v) is 1.91. The molecule has 0 aromatic carbocycles. The Kier molecular flexibility index (Phi) is 3.77. The molecule has 0 amide bonds. The lowest BCUT2D eigenvalue weighted by molar-refractivity contribution is -0.137. The van der Waals surface area contributed by atoms with Gasteiger partial charge in [-0.2, -0.15) is 0 Å². The van der Waals surface area contributed by atoms with Crippen LogP contribution in [0.4, 0.5) is 4.39 Å². The third-order valence-electron chi connectivity index (χ3n) is 0.943.